The van der Waals surface area contributed by atoms with Crippen LogP contribution in [0.15, 0.2) is 58.5 Å². The molecule has 0 atom stereocenters. The molecule has 1 aliphatic rings. The Morgan fingerprint density at radius 3 is 2.43 bits per heavy atom. The van der Waals surface area contributed by atoms with Gasteiger partial charge in [0, 0.05) is 31.7 Å². The fraction of sp³-hybridized carbons (Fsp3) is 0.333. The number of nitrogens with zero attached hydrogens (tertiary/aromatic N) is 3. The van der Waals surface area contributed by atoms with E-state index in [1.54, 1.807) is 31.4 Å². The number of ether oxygens (including phenoxy) is 1. The Labute approximate surface area is 177 Å². The third-order valence-corrected chi connectivity index (χ3v) is 6.80. The van der Waals surface area contributed by atoms with E-state index < -0.39 is 10.0 Å². The zero-order chi connectivity index (χ0) is 21.6. The van der Waals surface area contributed by atoms with Gasteiger partial charge in [0.15, 0.2) is 0 Å². The number of piperazine rings is 1. The number of rotatable bonds is 7. The number of carbonyl (C=O) groups is 1. The third kappa shape index (κ3) is 5.44. The lowest BCUT2D eigenvalue weighted by atomic mass is 10.2. The molecular weight excluding hydrogens is 404 g/mol. The van der Waals surface area contributed by atoms with E-state index in [1.807, 2.05) is 36.1 Å². The van der Waals surface area contributed by atoms with Crippen LogP contribution in [-0.4, -0.2) is 69.6 Å². The van der Waals surface area contributed by atoms with Crippen LogP contribution in [0.1, 0.15) is 11.1 Å². The van der Waals surface area contributed by atoms with Crippen LogP contribution in [-0.2, 0) is 14.8 Å². The van der Waals surface area contributed by atoms with Crippen molar-refractivity contribution in [2.24, 2.45) is 5.10 Å². The van der Waals surface area contributed by atoms with E-state index in [0.717, 1.165) is 11.1 Å². The van der Waals surface area contributed by atoms with E-state index >= 15 is 0 Å². The highest BCUT2D eigenvalue weighted by Gasteiger charge is 2.28. The Morgan fingerprint density at radius 1 is 1.10 bits per heavy atom. The highest BCUT2D eigenvalue weighted by atomic mass is 32.2. The Morgan fingerprint density at radius 2 is 1.77 bits per heavy atom. The number of para-hydroxylation sites is 1. The van der Waals surface area contributed by atoms with Crippen LogP contribution >= 0.6 is 0 Å². The average Bonchev–Trinajstić information content (AvgIpc) is 2.75. The number of amides is 1. The summed E-state index contributed by atoms with van der Waals surface area (Å²) in [6.07, 6.45) is 1.53. The molecule has 2 aromatic carbocycles. The molecule has 1 amide bonds. The first-order valence-electron chi connectivity index (χ1n) is 9.64. The number of hydrazone groups is 1. The minimum atomic E-state index is -3.51. The molecule has 0 saturated carbocycles. The number of nitrogens with one attached hydrogen (secondary N) is 1. The summed E-state index contributed by atoms with van der Waals surface area (Å²) >= 11 is 0. The molecule has 0 radical (unpaired) electrons. The molecular formula is C21H26N4O4S. The summed E-state index contributed by atoms with van der Waals surface area (Å²) in [6, 6.07) is 14.2. The summed E-state index contributed by atoms with van der Waals surface area (Å²) in [5.41, 5.74) is 4.28. The van der Waals surface area contributed by atoms with Gasteiger partial charge >= 0.3 is 0 Å². The number of carbonyl (C=O) groups excluding carboxylic acids is 1. The third-order valence-electron chi connectivity index (χ3n) is 4.89. The van der Waals surface area contributed by atoms with Crippen molar-refractivity contribution in [1.29, 1.82) is 0 Å². The number of hydrogen-bond acceptors (Lipinski definition) is 6. The van der Waals surface area contributed by atoms with Gasteiger partial charge in [0.1, 0.15) is 5.75 Å². The first kappa shape index (κ1) is 21.9. The number of methoxy groups -OCH3 is 1. The Balaban J connectivity index is 1.49. The molecule has 3 rings (SSSR count). The van der Waals surface area contributed by atoms with Gasteiger partial charge in [0.25, 0.3) is 5.91 Å². The second kappa shape index (κ2) is 9.84. The number of aryl methyl sites for hydroxylation is 1. The minimum absolute atomic E-state index is 0.154. The van der Waals surface area contributed by atoms with Crippen molar-refractivity contribution in [2.45, 2.75) is 11.8 Å². The Hall–Kier alpha value is -2.75. The Bertz CT molecular complexity index is 998. The van der Waals surface area contributed by atoms with Gasteiger partial charge in [0.05, 0.1) is 24.8 Å². The molecule has 0 unspecified atom stereocenters. The van der Waals surface area contributed by atoms with Crippen molar-refractivity contribution >= 4 is 22.1 Å². The van der Waals surface area contributed by atoms with Gasteiger partial charge in [-0.05, 0) is 31.2 Å². The summed E-state index contributed by atoms with van der Waals surface area (Å²) < 4.78 is 32.2. The van der Waals surface area contributed by atoms with E-state index in [4.69, 9.17) is 4.74 Å². The summed E-state index contributed by atoms with van der Waals surface area (Å²) in [6.45, 7) is 3.72. The maximum atomic E-state index is 12.8. The number of sulfonamides is 1. The fourth-order valence-corrected chi connectivity index (χ4v) is 4.59. The van der Waals surface area contributed by atoms with Gasteiger partial charge in [-0.3, -0.25) is 9.69 Å². The van der Waals surface area contributed by atoms with E-state index in [2.05, 4.69) is 10.5 Å². The van der Waals surface area contributed by atoms with Gasteiger partial charge in [0.2, 0.25) is 10.0 Å². The molecule has 30 heavy (non-hydrogen) atoms. The molecule has 1 N–H and O–H groups in total. The molecule has 1 fully saturated rings. The van der Waals surface area contributed by atoms with Gasteiger partial charge in [-0.15, -0.1) is 0 Å². The predicted molar refractivity (Wildman–Crippen MR) is 115 cm³/mol. The molecule has 0 aromatic heterocycles. The quantitative estimate of drug-likeness (QED) is 0.531. The van der Waals surface area contributed by atoms with Crippen molar-refractivity contribution in [3.05, 3.63) is 59.7 Å². The van der Waals surface area contributed by atoms with Crippen LogP contribution in [0.4, 0.5) is 0 Å². The highest BCUT2D eigenvalue weighted by molar-refractivity contribution is 7.89. The van der Waals surface area contributed by atoms with Gasteiger partial charge < -0.3 is 4.74 Å². The summed E-state index contributed by atoms with van der Waals surface area (Å²) in [5.74, 6) is 0.414. The molecule has 0 aliphatic carbocycles. The van der Waals surface area contributed by atoms with Crippen LogP contribution < -0.4 is 10.2 Å². The van der Waals surface area contributed by atoms with Gasteiger partial charge in [-0.1, -0.05) is 29.8 Å². The van der Waals surface area contributed by atoms with Crippen molar-refractivity contribution in [3.8, 4) is 5.75 Å². The first-order valence-corrected chi connectivity index (χ1v) is 11.1. The summed E-state index contributed by atoms with van der Waals surface area (Å²) in [7, 11) is -1.94. The van der Waals surface area contributed by atoms with E-state index in [9.17, 15) is 13.2 Å². The van der Waals surface area contributed by atoms with Crippen LogP contribution in [0.5, 0.6) is 5.75 Å². The minimum Gasteiger partial charge on any atom is -0.496 e. The lowest BCUT2D eigenvalue weighted by molar-refractivity contribution is -0.122. The van der Waals surface area contributed by atoms with Crippen molar-refractivity contribution in [3.63, 3.8) is 0 Å². The second-order valence-electron chi connectivity index (χ2n) is 7.03. The molecule has 2 aromatic rings. The zero-order valence-electron chi connectivity index (χ0n) is 17.1. The predicted octanol–water partition coefficient (Wildman–Crippen LogP) is 1.46. The van der Waals surface area contributed by atoms with E-state index in [-0.39, 0.29) is 12.5 Å². The van der Waals surface area contributed by atoms with Crippen LogP contribution in [0, 0.1) is 6.92 Å². The monoisotopic (exact) mass is 430 g/mol. The van der Waals surface area contributed by atoms with Crippen LogP contribution in [0.3, 0.4) is 0 Å². The lowest BCUT2D eigenvalue weighted by Gasteiger charge is -2.33. The number of hydrogen-bond donors (Lipinski definition) is 1. The SMILES string of the molecule is COc1ccccc1C=NNC(=O)CN1CCN(S(=O)(=O)c2ccc(C)cc2)CC1. The summed E-state index contributed by atoms with van der Waals surface area (Å²) in [4.78, 5) is 14.4. The average molecular weight is 431 g/mol. The maximum absolute atomic E-state index is 12.8. The maximum Gasteiger partial charge on any atom is 0.254 e. The molecule has 0 spiro atoms. The fourth-order valence-electron chi connectivity index (χ4n) is 3.17. The highest BCUT2D eigenvalue weighted by Crippen LogP contribution is 2.18. The molecule has 0 bridgehead atoms. The first-order chi connectivity index (χ1) is 14.4. The topological polar surface area (TPSA) is 91.3 Å². The van der Waals surface area contributed by atoms with Crippen LogP contribution in [0.2, 0.25) is 0 Å². The Kier molecular flexibility index (Phi) is 7.20. The zero-order valence-corrected chi connectivity index (χ0v) is 17.9. The largest absolute Gasteiger partial charge is 0.496 e. The lowest BCUT2D eigenvalue weighted by Crippen LogP contribution is -2.50. The van der Waals surface area contributed by atoms with Gasteiger partial charge in [-0.2, -0.15) is 9.41 Å². The smallest absolute Gasteiger partial charge is 0.254 e. The molecule has 8 nitrogen and oxygen atoms in total. The van der Waals surface area contributed by atoms with Crippen molar-refractivity contribution in [1.82, 2.24) is 14.6 Å². The summed E-state index contributed by atoms with van der Waals surface area (Å²) in [5, 5.41) is 3.98. The second-order valence-corrected chi connectivity index (χ2v) is 8.97. The molecule has 1 saturated heterocycles. The van der Waals surface area contributed by atoms with Crippen molar-refractivity contribution in [2.75, 3.05) is 39.8 Å². The van der Waals surface area contributed by atoms with Gasteiger partial charge in [-0.25, -0.2) is 13.8 Å². The molecule has 1 aliphatic heterocycles. The van der Waals surface area contributed by atoms with E-state index in [1.165, 1.54) is 10.5 Å². The number of benzene rings is 2. The standard InChI is InChI=1S/C21H26N4O4S/c1-17-7-9-19(10-8-17)30(27,28)25-13-11-24(12-14-25)16-21(26)23-22-15-18-5-3-4-6-20(18)29-2/h3-10,15H,11-14,16H2,1-2H3,(H,23,26). The van der Waals surface area contributed by atoms with Crippen molar-refractivity contribution < 1.29 is 17.9 Å². The molecule has 9 heteroatoms. The van der Waals surface area contributed by atoms with E-state index in [0.29, 0.717) is 36.8 Å². The normalized spacial score (nSPS) is 15.9. The molecule has 1 heterocycles. The van der Waals surface area contributed by atoms with Crippen LogP contribution in [0.25, 0.3) is 0 Å². The molecule has 160 valence electrons.